The number of carbonyl (C=O) groups is 4. The van der Waals surface area contributed by atoms with Gasteiger partial charge in [-0.25, -0.2) is 9.59 Å². The van der Waals surface area contributed by atoms with Crippen LogP contribution < -0.4 is 25.4 Å². The highest BCUT2D eigenvalue weighted by Crippen LogP contribution is 2.44. The molecule has 0 radical (unpaired) electrons. The molecule has 0 aliphatic carbocycles. The molecule has 3 aromatic rings. The Kier molecular flexibility index (Phi) is 11.6. The van der Waals surface area contributed by atoms with Gasteiger partial charge in [-0.15, -0.1) is 0 Å². The second-order valence-electron chi connectivity index (χ2n) is 10.2. The number of aliphatic hydroxyl groups is 1. The zero-order valence-electron chi connectivity index (χ0n) is 25.3. The van der Waals surface area contributed by atoms with Gasteiger partial charge in [-0.05, 0) is 34.9 Å². The van der Waals surface area contributed by atoms with Crippen molar-refractivity contribution in [3.63, 3.8) is 0 Å². The Morgan fingerprint density at radius 3 is 2.29 bits per heavy atom. The highest BCUT2D eigenvalue weighted by atomic mass is 35.6. The lowest BCUT2D eigenvalue weighted by Gasteiger charge is -2.28. The fourth-order valence-corrected chi connectivity index (χ4v) is 4.89. The first-order valence-electron chi connectivity index (χ1n) is 13.9. The van der Waals surface area contributed by atoms with E-state index in [1.807, 2.05) is 0 Å². The Morgan fingerprint density at radius 1 is 0.980 bits per heavy atom. The molecule has 3 amide bonds. The average Bonchev–Trinajstić information content (AvgIpc) is 3.06. The first kappa shape index (κ1) is 36.8. The number of rotatable bonds is 6. The maximum absolute atomic E-state index is 14.0. The summed E-state index contributed by atoms with van der Waals surface area (Å²) in [6.07, 6.45) is -3.19. The molecule has 4 bridgehead atoms. The molecule has 2 aliphatic rings. The van der Waals surface area contributed by atoms with Gasteiger partial charge in [0.25, 0.3) is 0 Å². The van der Waals surface area contributed by atoms with Crippen molar-refractivity contribution in [1.82, 2.24) is 16.0 Å². The van der Waals surface area contributed by atoms with Crippen molar-refractivity contribution in [2.24, 2.45) is 0 Å². The minimum Gasteiger partial charge on any atom is -0.504 e. The molecule has 5 rings (SSSR count). The lowest BCUT2D eigenvalue weighted by Crippen LogP contribution is -2.51. The van der Waals surface area contributed by atoms with Crippen LogP contribution in [0, 0.1) is 10.1 Å². The number of benzene rings is 3. The van der Waals surface area contributed by atoms with Crippen LogP contribution in [0.2, 0.25) is 0 Å². The number of alkyl carbamates (subject to hydrolysis) is 1. The van der Waals surface area contributed by atoms with E-state index in [0.717, 1.165) is 38.5 Å². The van der Waals surface area contributed by atoms with Crippen LogP contribution in [0.4, 0.5) is 10.5 Å². The van der Waals surface area contributed by atoms with Gasteiger partial charge in [0.1, 0.15) is 24.8 Å². The maximum Gasteiger partial charge on any atom is 0.408 e. The summed E-state index contributed by atoms with van der Waals surface area (Å²) >= 11 is 17.0. The van der Waals surface area contributed by atoms with Crippen molar-refractivity contribution < 1.29 is 53.3 Å². The van der Waals surface area contributed by atoms with Crippen molar-refractivity contribution in [3.8, 4) is 23.0 Å². The van der Waals surface area contributed by atoms with Gasteiger partial charge in [-0.1, -0.05) is 71.2 Å². The van der Waals surface area contributed by atoms with Crippen LogP contribution in [0.15, 0.2) is 60.7 Å². The van der Waals surface area contributed by atoms with E-state index in [0.29, 0.717) is 0 Å². The quantitative estimate of drug-likeness (QED) is 0.105. The number of aromatic hydroxyl groups is 1. The summed E-state index contributed by atoms with van der Waals surface area (Å²) in [7, 11) is 2.15. The van der Waals surface area contributed by atoms with Gasteiger partial charge >= 0.3 is 17.7 Å². The monoisotopic (exact) mass is 740 g/mol. The van der Waals surface area contributed by atoms with Crippen molar-refractivity contribution in [2.45, 2.75) is 28.0 Å². The van der Waals surface area contributed by atoms with Crippen molar-refractivity contribution in [2.75, 3.05) is 20.8 Å². The number of ether oxygens (including phenoxy) is 4. The summed E-state index contributed by atoms with van der Waals surface area (Å²) in [5, 5.41) is 41.3. The van der Waals surface area contributed by atoms with Crippen LogP contribution >= 0.6 is 34.8 Å². The number of nitro benzene ring substituents is 1. The highest BCUT2D eigenvalue weighted by molar-refractivity contribution is 6.67. The van der Waals surface area contributed by atoms with Crippen LogP contribution in [0.3, 0.4) is 0 Å². The lowest BCUT2D eigenvalue weighted by atomic mass is 9.99. The van der Waals surface area contributed by atoms with E-state index in [-0.39, 0.29) is 28.2 Å². The van der Waals surface area contributed by atoms with Gasteiger partial charge in [0.2, 0.25) is 27.1 Å². The van der Waals surface area contributed by atoms with E-state index in [1.54, 1.807) is 18.2 Å². The Bertz CT molecular complexity index is 1760. The number of methoxy groups -OCH3 is 2. The summed E-state index contributed by atoms with van der Waals surface area (Å²) in [6.45, 7) is -0.744. The molecule has 19 heteroatoms. The molecule has 0 saturated heterocycles. The maximum atomic E-state index is 14.0. The van der Waals surface area contributed by atoms with Gasteiger partial charge < -0.3 is 45.1 Å². The van der Waals surface area contributed by atoms with E-state index in [2.05, 4.69) is 16.0 Å². The molecule has 16 nitrogen and oxygen atoms in total. The molecule has 0 saturated carbocycles. The molecule has 0 spiro atoms. The molecule has 3 aromatic carbocycles. The largest absolute Gasteiger partial charge is 0.504 e. The number of phenolic OH excluding ortho intramolecular Hbond substituents is 1. The number of amides is 3. The number of carbonyl (C=O) groups excluding carboxylic acids is 4. The molecule has 2 heterocycles. The molecule has 4 atom stereocenters. The zero-order valence-corrected chi connectivity index (χ0v) is 27.6. The van der Waals surface area contributed by atoms with Crippen molar-refractivity contribution in [1.29, 1.82) is 0 Å². The van der Waals surface area contributed by atoms with Gasteiger partial charge in [-0.3, -0.25) is 19.7 Å². The highest BCUT2D eigenvalue weighted by Gasteiger charge is 2.37. The Balaban J connectivity index is 1.95. The van der Waals surface area contributed by atoms with E-state index < -0.39 is 80.6 Å². The second-order valence-corrected chi connectivity index (χ2v) is 12.7. The minimum absolute atomic E-state index is 0.187. The third kappa shape index (κ3) is 8.91. The number of fused-ring (bicyclic) bond motifs is 9. The number of phenols is 1. The number of hydrogen-bond donors (Lipinski definition) is 5. The molecular weight excluding hydrogens is 715 g/mol. The van der Waals surface area contributed by atoms with Crippen LogP contribution in [0.5, 0.6) is 23.0 Å². The lowest BCUT2D eigenvalue weighted by molar-refractivity contribution is -0.385. The number of halogens is 3. The number of esters is 1. The fourth-order valence-electron chi connectivity index (χ4n) is 4.72. The average molecular weight is 742 g/mol. The number of aliphatic hydroxyl groups excluding tert-OH is 1. The van der Waals surface area contributed by atoms with E-state index in [1.165, 1.54) is 18.2 Å². The predicted octanol–water partition coefficient (Wildman–Crippen LogP) is 3.80. The summed E-state index contributed by atoms with van der Waals surface area (Å²) in [4.78, 5) is 64.8. The normalized spacial score (nSPS) is 19.5. The van der Waals surface area contributed by atoms with Gasteiger partial charge in [-0.2, -0.15) is 0 Å². The third-order valence-electron chi connectivity index (χ3n) is 6.98. The smallest absolute Gasteiger partial charge is 0.408 e. The summed E-state index contributed by atoms with van der Waals surface area (Å²) < 4.78 is 18.7. The molecule has 2 aliphatic heterocycles. The fraction of sp³-hybridized carbons (Fsp3) is 0.267. The first-order chi connectivity index (χ1) is 23.1. The molecular formula is C30H27Cl3N4O12. The van der Waals surface area contributed by atoms with Crippen LogP contribution in [0.25, 0.3) is 0 Å². The number of nitro groups is 1. The number of nitrogens with one attached hydrogen (secondary N) is 3. The SMILES string of the molecule is COC(=O)[C@H]1NC(=O)[C@@H](c2ccccc2)NC(=O)[C@H](NC(=O)OCC(Cl)(Cl)Cl)c2cc(O)c(OC)c(c2)Oc2ccc(cc2[N+](=O)[O-])[C@H]1O. The minimum atomic E-state index is -2.03. The molecule has 0 unspecified atom stereocenters. The van der Waals surface area contributed by atoms with E-state index in [4.69, 9.17) is 53.8 Å². The zero-order chi connectivity index (χ0) is 36.0. The van der Waals surface area contributed by atoms with E-state index >= 15 is 0 Å². The Labute approximate surface area is 292 Å². The molecule has 0 fully saturated rings. The molecule has 49 heavy (non-hydrogen) atoms. The second kappa shape index (κ2) is 15.5. The number of hydrogen-bond acceptors (Lipinski definition) is 12. The summed E-state index contributed by atoms with van der Waals surface area (Å²) in [5.41, 5.74) is -0.913. The van der Waals surface area contributed by atoms with Crippen molar-refractivity contribution in [3.05, 3.63) is 87.5 Å². The molecule has 260 valence electrons. The summed E-state index contributed by atoms with van der Waals surface area (Å²) in [5.74, 6) is -4.99. The third-order valence-corrected chi connectivity index (χ3v) is 7.31. The Morgan fingerprint density at radius 2 is 1.67 bits per heavy atom. The van der Waals surface area contributed by atoms with E-state index in [9.17, 15) is 39.5 Å². The summed E-state index contributed by atoms with van der Waals surface area (Å²) in [6, 6.07) is 7.78. The van der Waals surface area contributed by atoms with Crippen molar-refractivity contribution >= 4 is 64.4 Å². The number of alkyl halides is 3. The molecule has 0 aromatic heterocycles. The number of nitrogens with zero attached hydrogens (tertiary/aromatic N) is 1. The first-order valence-corrected chi connectivity index (χ1v) is 15.1. The van der Waals surface area contributed by atoms with Gasteiger partial charge in [0.05, 0.1) is 19.1 Å². The van der Waals surface area contributed by atoms with Gasteiger partial charge in [0, 0.05) is 6.07 Å². The topological polar surface area (TPSA) is 225 Å². The predicted molar refractivity (Wildman–Crippen MR) is 172 cm³/mol. The Hall–Kier alpha value is -5.03. The van der Waals surface area contributed by atoms with Crippen LogP contribution in [-0.2, 0) is 23.9 Å². The standard InChI is InChI=1S/C30H27Cl3N4O12/c1-46-25-18(38)11-16-12-20(25)49-19-9-8-15(10-17(19)37(44)45)24(39)23(28(42)47-2)35-26(40)21(14-6-4-3-5-7-14)34-27(41)22(16)36-29(43)48-13-30(31,32)33/h3-12,21-24,38-39H,13H2,1-2H3,(H,34,41)(H,35,40)(H,36,43)/t21-,22-,23+,24-/m1/s1. The molecule has 5 N–H and O–H groups in total. The van der Waals surface area contributed by atoms with Gasteiger partial charge in [0.15, 0.2) is 17.5 Å². The van der Waals surface area contributed by atoms with Crippen LogP contribution in [0.1, 0.15) is 34.9 Å². The van der Waals surface area contributed by atoms with Crippen LogP contribution in [-0.4, -0.2) is 69.7 Å².